The minimum Gasteiger partial charge on any atom is -0.383 e. The zero-order valence-corrected chi connectivity index (χ0v) is 16.6. The third kappa shape index (κ3) is 3.15. The molecule has 3 rings (SSSR count). The number of likely N-dealkylation sites (N-methyl/N-ethyl adjacent to an activating group) is 1. The van der Waals surface area contributed by atoms with Crippen LogP contribution in [0.25, 0.3) is 0 Å². The maximum Gasteiger partial charge on any atom is 0.330 e. The number of nitrogens with zero attached hydrogens (tertiary/aromatic N) is 3. The van der Waals surface area contributed by atoms with Crippen molar-refractivity contribution >= 4 is 35.1 Å². The number of amides is 2. The number of nitrogens with two attached hydrogens (primary N) is 1. The second-order valence-corrected chi connectivity index (χ2v) is 8.66. The SMILES string of the molecule is CCCCn1c(N)c(N(C)C(=O)[C@@H]2CS[C@@]3(C)CCC(=O)N23)c(=O)[nH]c1=O. The molecule has 27 heavy (non-hydrogen) atoms. The van der Waals surface area contributed by atoms with Gasteiger partial charge in [0.05, 0.1) is 4.87 Å². The van der Waals surface area contributed by atoms with E-state index in [2.05, 4.69) is 4.98 Å². The summed E-state index contributed by atoms with van der Waals surface area (Å²) < 4.78 is 1.28. The molecule has 0 spiro atoms. The Bertz CT molecular complexity index is 894. The molecule has 148 valence electrons. The summed E-state index contributed by atoms with van der Waals surface area (Å²) in [7, 11) is 1.46. The highest BCUT2D eigenvalue weighted by atomic mass is 32.2. The van der Waals surface area contributed by atoms with Crippen LogP contribution in [0, 0.1) is 0 Å². The highest BCUT2D eigenvalue weighted by molar-refractivity contribution is 8.01. The van der Waals surface area contributed by atoms with Gasteiger partial charge in [0.25, 0.3) is 11.5 Å². The van der Waals surface area contributed by atoms with Crippen LogP contribution in [0.4, 0.5) is 11.5 Å². The normalized spacial score (nSPS) is 24.3. The molecule has 3 heterocycles. The van der Waals surface area contributed by atoms with Crippen LogP contribution in [0.1, 0.15) is 39.5 Å². The van der Waals surface area contributed by atoms with Crippen LogP contribution >= 0.6 is 11.8 Å². The number of carbonyl (C=O) groups excluding carboxylic acids is 2. The number of unbranched alkanes of at least 4 members (excludes halogenated alkanes) is 1. The van der Waals surface area contributed by atoms with Crippen LogP contribution in [0.5, 0.6) is 0 Å². The van der Waals surface area contributed by atoms with Gasteiger partial charge in [0.2, 0.25) is 5.91 Å². The van der Waals surface area contributed by atoms with Gasteiger partial charge in [0.1, 0.15) is 11.9 Å². The van der Waals surface area contributed by atoms with Gasteiger partial charge in [-0.05, 0) is 19.8 Å². The number of nitrogens with one attached hydrogen (secondary N) is 1. The average molecular weight is 395 g/mol. The second-order valence-electron chi connectivity index (χ2n) is 7.16. The number of hydrogen-bond donors (Lipinski definition) is 2. The topological polar surface area (TPSA) is 121 Å². The third-order valence-corrected chi connectivity index (χ3v) is 6.85. The lowest BCUT2D eigenvalue weighted by atomic mass is 10.2. The number of H-pyrrole nitrogens is 1. The highest BCUT2D eigenvalue weighted by Crippen LogP contribution is 2.47. The van der Waals surface area contributed by atoms with Crippen LogP contribution < -0.4 is 21.9 Å². The van der Waals surface area contributed by atoms with E-state index in [9.17, 15) is 19.2 Å². The molecule has 2 fully saturated rings. The van der Waals surface area contributed by atoms with Crippen molar-refractivity contribution < 1.29 is 9.59 Å². The number of aromatic nitrogens is 2. The van der Waals surface area contributed by atoms with Gasteiger partial charge in [0, 0.05) is 25.8 Å². The number of hydrogen-bond acceptors (Lipinski definition) is 6. The van der Waals surface area contributed by atoms with Crippen LogP contribution in [0.3, 0.4) is 0 Å². The van der Waals surface area contributed by atoms with Gasteiger partial charge >= 0.3 is 5.69 Å². The van der Waals surface area contributed by atoms with Crippen LogP contribution in [-0.4, -0.2) is 50.0 Å². The summed E-state index contributed by atoms with van der Waals surface area (Å²) in [5, 5.41) is 0. The molecule has 0 unspecified atom stereocenters. The predicted octanol–water partition coefficient (Wildman–Crippen LogP) is 0.336. The van der Waals surface area contributed by atoms with Crippen molar-refractivity contribution in [2.75, 3.05) is 23.4 Å². The minimum absolute atomic E-state index is 0.0331. The second kappa shape index (κ2) is 7.06. The minimum atomic E-state index is -0.706. The molecule has 10 heteroatoms. The fraction of sp³-hybridized carbons (Fsp3) is 0.647. The summed E-state index contributed by atoms with van der Waals surface area (Å²) >= 11 is 1.58. The molecule has 0 aliphatic carbocycles. The van der Waals surface area contributed by atoms with Crippen molar-refractivity contribution in [2.45, 2.75) is 57.0 Å². The summed E-state index contributed by atoms with van der Waals surface area (Å²) in [6.45, 7) is 4.29. The maximum atomic E-state index is 13.1. The molecule has 2 saturated heterocycles. The molecule has 2 amide bonds. The fourth-order valence-electron chi connectivity index (χ4n) is 3.78. The van der Waals surface area contributed by atoms with Gasteiger partial charge in [-0.1, -0.05) is 13.3 Å². The lowest BCUT2D eigenvalue weighted by Gasteiger charge is -2.32. The number of thioether (sulfide) groups is 1. The summed E-state index contributed by atoms with van der Waals surface area (Å²) in [4.78, 5) is 54.5. The van der Waals surface area contributed by atoms with Crippen molar-refractivity contribution in [1.82, 2.24) is 14.5 Å². The van der Waals surface area contributed by atoms with E-state index in [0.29, 0.717) is 31.6 Å². The molecule has 9 nitrogen and oxygen atoms in total. The summed E-state index contributed by atoms with van der Waals surface area (Å²) in [6, 6.07) is -0.644. The molecule has 1 aromatic heterocycles. The zero-order chi connectivity index (χ0) is 19.9. The van der Waals surface area contributed by atoms with E-state index in [1.54, 1.807) is 16.7 Å². The van der Waals surface area contributed by atoms with E-state index < -0.39 is 17.3 Å². The zero-order valence-electron chi connectivity index (χ0n) is 15.8. The van der Waals surface area contributed by atoms with Gasteiger partial charge in [-0.3, -0.25) is 23.9 Å². The lowest BCUT2D eigenvalue weighted by Crippen LogP contribution is -2.52. The van der Waals surface area contributed by atoms with E-state index in [4.69, 9.17) is 5.73 Å². The molecule has 0 radical (unpaired) electrons. The fourth-order valence-corrected chi connectivity index (χ4v) is 5.20. The van der Waals surface area contributed by atoms with Gasteiger partial charge in [0.15, 0.2) is 5.69 Å². The molecular weight excluding hydrogens is 370 g/mol. The number of anilines is 2. The number of carbonyl (C=O) groups is 2. The average Bonchev–Trinajstić information content (AvgIpc) is 3.10. The van der Waals surface area contributed by atoms with Gasteiger partial charge in [-0.25, -0.2) is 4.79 Å². The number of nitrogen functional groups attached to an aromatic ring is 1. The monoisotopic (exact) mass is 395 g/mol. The summed E-state index contributed by atoms with van der Waals surface area (Å²) in [6.07, 6.45) is 2.69. The number of aromatic amines is 1. The molecular formula is C17H25N5O4S. The van der Waals surface area contributed by atoms with Crippen LogP contribution in [0.15, 0.2) is 9.59 Å². The van der Waals surface area contributed by atoms with E-state index in [1.165, 1.54) is 16.5 Å². The van der Waals surface area contributed by atoms with Crippen molar-refractivity contribution in [3.05, 3.63) is 20.8 Å². The third-order valence-electron chi connectivity index (χ3n) is 5.35. The number of rotatable bonds is 5. The van der Waals surface area contributed by atoms with Gasteiger partial charge < -0.3 is 15.5 Å². The van der Waals surface area contributed by atoms with Crippen molar-refractivity contribution in [3.63, 3.8) is 0 Å². The largest absolute Gasteiger partial charge is 0.383 e. The van der Waals surface area contributed by atoms with Crippen LogP contribution in [-0.2, 0) is 16.1 Å². The molecule has 0 aromatic carbocycles. The molecule has 2 aliphatic rings. The Morgan fingerprint density at radius 1 is 1.41 bits per heavy atom. The Kier molecular flexibility index (Phi) is 5.11. The smallest absolute Gasteiger partial charge is 0.330 e. The Hall–Kier alpha value is -2.23. The maximum absolute atomic E-state index is 13.1. The van der Waals surface area contributed by atoms with E-state index >= 15 is 0 Å². The van der Waals surface area contributed by atoms with Crippen molar-refractivity contribution in [3.8, 4) is 0 Å². The first kappa shape index (κ1) is 19.5. The van der Waals surface area contributed by atoms with Gasteiger partial charge in [-0.2, -0.15) is 0 Å². The number of fused-ring (bicyclic) bond motifs is 1. The molecule has 2 aliphatic heterocycles. The Morgan fingerprint density at radius 3 is 2.78 bits per heavy atom. The molecule has 2 atom stereocenters. The van der Waals surface area contributed by atoms with Crippen molar-refractivity contribution in [1.29, 1.82) is 0 Å². The highest BCUT2D eigenvalue weighted by Gasteiger charge is 2.53. The Balaban J connectivity index is 1.95. The van der Waals surface area contributed by atoms with E-state index in [-0.39, 0.29) is 28.2 Å². The molecule has 3 N–H and O–H groups in total. The lowest BCUT2D eigenvalue weighted by molar-refractivity contribution is -0.136. The Morgan fingerprint density at radius 2 is 2.11 bits per heavy atom. The van der Waals surface area contributed by atoms with E-state index in [0.717, 1.165) is 6.42 Å². The summed E-state index contributed by atoms with van der Waals surface area (Å²) in [5.41, 5.74) is 4.74. The standard InChI is InChI=1S/C17H25N5O4S/c1-4-5-8-21-13(18)12(14(24)19-16(21)26)20(3)15(25)10-9-27-17(2)7-6-11(23)22(10)17/h10H,4-9,18H2,1-3H3,(H,19,24,26)/t10-,17-/m0/s1. The first-order valence-corrected chi connectivity index (χ1v) is 10.1. The molecule has 1 aromatic rings. The predicted molar refractivity (Wildman–Crippen MR) is 105 cm³/mol. The van der Waals surface area contributed by atoms with Crippen molar-refractivity contribution in [2.24, 2.45) is 0 Å². The van der Waals surface area contributed by atoms with Gasteiger partial charge in [-0.15, -0.1) is 11.8 Å². The summed E-state index contributed by atoms with van der Waals surface area (Å²) in [5.74, 6) is 0.0104. The quantitative estimate of drug-likeness (QED) is 0.741. The van der Waals surface area contributed by atoms with E-state index in [1.807, 2.05) is 13.8 Å². The molecule has 0 bridgehead atoms. The first-order chi connectivity index (χ1) is 12.7. The first-order valence-electron chi connectivity index (χ1n) is 9.07. The molecule has 0 saturated carbocycles. The van der Waals surface area contributed by atoms with Crippen LogP contribution in [0.2, 0.25) is 0 Å². The Labute approximate surface area is 160 Å².